The molecule has 17 heavy (non-hydrogen) atoms. The van der Waals surface area contributed by atoms with Crippen molar-refractivity contribution in [2.75, 3.05) is 6.61 Å². The van der Waals surface area contributed by atoms with Crippen molar-refractivity contribution in [3.63, 3.8) is 0 Å². The maximum Gasteiger partial charge on any atom is 0.137 e. The minimum atomic E-state index is 0.451. The van der Waals surface area contributed by atoms with Gasteiger partial charge in [0.15, 0.2) is 0 Å². The van der Waals surface area contributed by atoms with Crippen molar-refractivity contribution in [1.29, 1.82) is 0 Å². The van der Waals surface area contributed by atoms with Crippen molar-refractivity contribution < 1.29 is 4.74 Å². The number of hydrogen-bond acceptors (Lipinski definition) is 2. The molecule has 1 N–H and O–H groups in total. The van der Waals surface area contributed by atoms with E-state index in [1.165, 1.54) is 0 Å². The summed E-state index contributed by atoms with van der Waals surface area (Å²) in [6, 6.07) is 6.50. The Morgan fingerprint density at radius 1 is 1.47 bits per heavy atom. The van der Waals surface area contributed by atoms with Gasteiger partial charge in [0, 0.05) is 24.6 Å². The van der Waals surface area contributed by atoms with Crippen LogP contribution in [0.25, 0.3) is 0 Å². The van der Waals surface area contributed by atoms with E-state index < -0.39 is 0 Å². The Morgan fingerprint density at radius 3 is 2.88 bits per heavy atom. The molecule has 0 amide bonds. The topological polar surface area (TPSA) is 21.3 Å². The first-order valence-electron chi connectivity index (χ1n) is 5.72. The van der Waals surface area contributed by atoms with Crippen LogP contribution in [-0.4, -0.2) is 12.6 Å². The molecule has 0 spiro atoms. The standard InChI is InChI=1S/C14H18BrNO/c1-4-5-9-17-14-12(10-16-11(2)3)7-6-8-13(14)15/h1,6-8,11,16H,5,9-10H2,2-3H3. The number of para-hydroxylation sites is 1. The second-order valence-electron chi connectivity index (χ2n) is 4.07. The Hall–Kier alpha value is -0.980. The van der Waals surface area contributed by atoms with Gasteiger partial charge in [0.25, 0.3) is 0 Å². The molecule has 0 aliphatic carbocycles. The Kier molecular flexibility index (Phi) is 6.10. The summed E-state index contributed by atoms with van der Waals surface area (Å²) in [5.74, 6) is 3.46. The zero-order chi connectivity index (χ0) is 12.7. The summed E-state index contributed by atoms with van der Waals surface area (Å²) in [4.78, 5) is 0. The second-order valence-corrected chi connectivity index (χ2v) is 4.92. The molecular formula is C14H18BrNO. The minimum Gasteiger partial charge on any atom is -0.491 e. The number of benzene rings is 1. The Balaban J connectivity index is 2.74. The number of rotatable bonds is 6. The van der Waals surface area contributed by atoms with Gasteiger partial charge in [0.2, 0.25) is 0 Å². The zero-order valence-electron chi connectivity index (χ0n) is 10.3. The average Bonchev–Trinajstić information content (AvgIpc) is 2.29. The molecule has 0 atom stereocenters. The summed E-state index contributed by atoms with van der Waals surface area (Å²) in [6.45, 7) is 5.59. The van der Waals surface area contributed by atoms with Crippen molar-refractivity contribution in [1.82, 2.24) is 5.32 Å². The summed E-state index contributed by atoms with van der Waals surface area (Å²) in [7, 11) is 0. The van der Waals surface area contributed by atoms with Gasteiger partial charge in [-0.3, -0.25) is 0 Å². The van der Waals surface area contributed by atoms with E-state index in [2.05, 4.69) is 47.1 Å². The van der Waals surface area contributed by atoms with Gasteiger partial charge in [-0.15, -0.1) is 12.3 Å². The van der Waals surface area contributed by atoms with Crippen LogP contribution in [0.2, 0.25) is 0 Å². The van der Waals surface area contributed by atoms with Crippen LogP contribution in [0.15, 0.2) is 22.7 Å². The van der Waals surface area contributed by atoms with Crippen LogP contribution < -0.4 is 10.1 Å². The fraction of sp³-hybridized carbons (Fsp3) is 0.429. The first-order chi connectivity index (χ1) is 8.15. The lowest BCUT2D eigenvalue weighted by molar-refractivity contribution is 0.320. The van der Waals surface area contributed by atoms with Crippen LogP contribution in [-0.2, 0) is 6.54 Å². The highest BCUT2D eigenvalue weighted by Gasteiger charge is 2.08. The zero-order valence-corrected chi connectivity index (χ0v) is 11.9. The molecule has 0 saturated carbocycles. The third-order valence-corrected chi connectivity index (χ3v) is 2.87. The average molecular weight is 296 g/mol. The van der Waals surface area contributed by atoms with Crippen LogP contribution in [0.3, 0.4) is 0 Å². The van der Waals surface area contributed by atoms with Gasteiger partial charge < -0.3 is 10.1 Å². The van der Waals surface area contributed by atoms with Gasteiger partial charge in [0.1, 0.15) is 5.75 Å². The maximum atomic E-state index is 5.71. The number of nitrogens with one attached hydrogen (secondary N) is 1. The van der Waals surface area contributed by atoms with Crippen molar-refractivity contribution in [2.45, 2.75) is 32.9 Å². The normalized spacial score (nSPS) is 10.3. The van der Waals surface area contributed by atoms with Gasteiger partial charge >= 0.3 is 0 Å². The first-order valence-corrected chi connectivity index (χ1v) is 6.51. The molecule has 0 aromatic heterocycles. The minimum absolute atomic E-state index is 0.451. The molecule has 1 rings (SSSR count). The Labute approximate surface area is 112 Å². The van der Waals surface area contributed by atoms with Crippen LogP contribution in [0.1, 0.15) is 25.8 Å². The molecule has 2 nitrogen and oxygen atoms in total. The van der Waals surface area contributed by atoms with Crippen LogP contribution in [0.4, 0.5) is 0 Å². The van der Waals surface area contributed by atoms with E-state index >= 15 is 0 Å². The molecule has 0 heterocycles. The molecule has 0 aliphatic heterocycles. The van der Waals surface area contributed by atoms with E-state index in [1.54, 1.807) is 0 Å². The summed E-state index contributed by atoms with van der Waals surface area (Å²) in [6.07, 6.45) is 5.84. The van der Waals surface area contributed by atoms with Gasteiger partial charge in [-0.2, -0.15) is 0 Å². The second kappa shape index (κ2) is 7.37. The summed E-state index contributed by atoms with van der Waals surface area (Å²) < 4.78 is 6.68. The van der Waals surface area contributed by atoms with E-state index in [0.29, 0.717) is 19.1 Å². The number of hydrogen-bond donors (Lipinski definition) is 1. The first kappa shape index (κ1) is 14.1. The predicted molar refractivity (Wildman–Crippen MR) is 75.1 cm³/mol. The molecule has 92 valence electrons. The molecule has 0 fully saturated rings. The molecule has 1 aromatic carbocycles. The molecule has 0 saturated heterocycles. The summed E-state index contributed by atoms with van der Waals surface area (Å²) >= 11 is 3.50. The van der Waals surface area contributed by atoms with Crippen LogP contribution in [0.5, 0.6) is 5.75 Å². The summed E-state index contributed by atoms with van der Waals surface area (Å²) in [5.41, 5.74) is 1.14. The van der Waals surface area contributed by atoms with E-state index in [9.17, 15) is 0 Å². The van der Waals surface area contributed by atoms with E-state index in [-0.39, 0.29) is 0 Å². The maximum absolute atomic E-state index is 5.71. The summed E-state index contributed by atoms with van der Waals surface area (Å²) in [5, 5.41) is 3.38. The van der Waals surface area contributed by atoms with Crippen molar-refractivity contribution in [3.05, 3.63) is 28.2 Å². The number of ether oxygens (including phenoxy) is 1. The molecule has 0 unspecified atom stereocenters. The fourth-order valence-corrected chi connectivity index (χ4v) is 1.90. The lowest BCUT2D eigenvalue weighted by atomic mass is 10.2. The fourth-order valence-electron chi connectivity index (χ4n) is 1.38. The Morgan fingerprint density at radius 2 is 2.24 bits per heavy atom. The van der Waals surface area contributed by atoms with Crippen molar-refractivity contribution in [3.8, 4) is 18.1 Å². The molecule has 0 aliphatic rings. The van der Waals surface area contributed by atoms with Gasteiger partial charge in [0.05, 0.1) is 11.1 Å². The lowest BCUT2D eigenvalue weighted by Crippen LogP contribution is -2.22. The number of halogens is 1. The third-order valence-electron chi connectivity index (χ3n) is 2.24. The van der Waals surface area contributed by atoms with Gasteiger partial charge in [-0.25, -0.2) is 0 Å². The quantitative estimate of drug-likeness (QED) is 0.642. The highest BCUT2D eigenvalue weighted by Crippen LogP contribution is 2.29. The van der Waals surface area contributed by atoms with Crippen molar-refractivity contribution in [2.24, 2.45) is 0 Å². The molecule has 0 radical (unpaired) electrons. The monoisotopic (exact) mass is 295 g/mol. The Bertz CT molecular complexity index is 396. The molecule has 3 heteroatoms. The molecular weight excluding hydrogens is 278 g/mol. The largest absolute Gasteiger partial charge is 0.491 e. The highest BCUT2D eigenvalue weighted by atomic mass is 79.9. The molecule has 1 aromatic rings. The van der Waals surface area contributed by atoms with Crippen LogP contribution in [0, 0.1) is 12.3 Å². The van der Waals surface area contributed by atoms with E-state index in [1.807, 2.05) is 12.1 Å². The SMILES string of the molecule is C#CCCOc1c(Br)cccc1CNC(C)C. The predicted octanol–water partition coefficient (Wildman–Crippen LogP) is 3.35. The van der Waals surface area contributed by atoms with Gasteiger partial charge in [-0.1, -0.05) is 26.0 Å². The van der Waals surface area contributed by atoms with Crippen molar-refractivity contribution >= 4 is 15.9 Å². The van der Waals surface area contributed by atoms with E-state index in [4.69, 9.17) is 11.2 Å². The van der Waals surface area contributed by atoms with Crippen LogP contribution >= 0.6 is 15.9 Å². The van der Waals surface area contributed by atoms with E-state index in [0.717, 1.165) is 22.3 Å². The molecule has 0 bridgehead atoms. The van der Waals surface area contributed by atoms with Gasteiger partial charge in [-0.05, 0) is 22.0 Å². The smallest absolute Gasteiger partial charge is 0.137 e. The lowest BCUT2D eigenvalue weighted by Gasteiger charge is -2.14. The number of terminal acetylenes is 1. The third kappa shape index (κ3) is 4.80. The highest BCUT2D eigenvalue weighted by molar-refractivity contribution is 9.10.